The van der Waals surface area contributed by atoms with Crippen molar-refractivity contribution in [1.82, 2.24) is 5.32 Å². The van der Waals surface area contributed by atoms with Gasteiger partial charge in [-0.25, -0.2) is 0 Å². The number of carbonyl (C=O) groups is 2. The van der Waals surface area contributed by atoms with Gasteiger partial charge in [-0.1, -0.05) is 35.3 Å². The fourth-order valence-corrected chi connectivity index (χ4v) is 3.41. The third-order valence-electron chi connectivity index (χ3n) is 4.07. The zero-order valence-electron chi connectivity index (χ0n) is 15.5. The monoisotopic (exact) mass is 450 g/mol. The zero-order valence-corrected chi connectivity index (χ0v) is 17.8. The lowest BCUT2D eigenvalue weighted by Crippen LogP contribution is -2.54. The van der Waals surface area contributed by atoms with Crippen molar-refractivity contribution in [3.05, 3.63) is 57.6 Å². The van der Waals surface area contributed by atoms with Crippen molar-refractivity contribution in [3.63, 3.8) is 0 Å². The van der Waals surface area contributed by atoms with Crippen LogP contribution in [0.25, 0.3) is 6.08 Å². The van der Waals surface area contributed by atoms with Gasteiger partial charge in [0.2, 0.25) is 0 Å². The number of carbonyl (C=O) groups excluding carboxylic acids is 2. The zero-order chi connectivity index (χ0) is 21.1. The average Bonchev–Trinajstić information content (AvgIpc) is 2.69. The highest BCUT2D eigenvalue weighted by atomic mass is 35.5. The van der Waals surface area contributed by atoms with E-state index in [1.54, 1.807) is 36.4 Å². The van der Waals surface area contributed by atoms with Gasteiger partial charge in [-0.3, -0.25) is 19.8 Å². The Balaban J connectivity index is 2.03. The largest absolute Gasteiger partial charge is 0.493 e. The Labute approximate surface area is 183 Å². The van der Waals surface area contributed by atoms with Gasteiger partial charge >= 0.3 is 0 Å². The molecule has 2 aromatic carbocycles. The second-order valence-electron chi connectivity index (χ2n) is 5.87. The number of halogens is 2. The summed E-state index contributed by atoms with van der Waals surface area (Å²) in [5, 5.41) is 2.85. The maximum Gasteiger partial charge on any atom is 0.270 e. The summed E-state index contributed by atoms with van der Waals surface area (Å²) in [7, 11) is 1.51. The van der Waals surface area contributed by atoms with Crippen LogP contribution in [0.5, 0.6) is 11.5 Å². The summed E-state index contributed by atoms with van der Waals surface area (Å²) in [4.78, 5) is 26.7. The molecule has 3 rings (SSSR count). The number of rotatable bonds is 5. The molecule has 1 saturated heterocycles. The highest BCUT2D eigenvalue weighted by molar-refractivity contribution is 7.80. The molecule has 1 N–H and O–H groups in total. The number of thiocarbonyl (C=S) groups is 1. The van der Waals surface area contributed by atoms with E-state index >= 15 is 0 Å². The molecule has 2 aromatic rings. The Morgan fingerprint density at radius 2 is 1.93 bits per heavy atom. The fraction of sp³-hybridized carbons (Fsp3) is 0.150. The standard InChI is InChI=1S/C20H16Cl2N2O4S/c1-3-28-15-8-7-11(10-16(15)27-2)9-12-18(25)23-20(29)24(19(12)26)14-6-4-5-13(21)17(14)22/h4-10H,3H2,1-2H3,(H,23,25,29)/b12-9+. The maximum absolute atomic E-state index is 13.1. The van der Waals surface area contributed by atoms with Crippen LogP contribution in [0.2, 0.25) is 10.0 Å². The van der Waals surface area contributed by atoms with Crippen LogP contribution in [0, 0.1) is 0 Å². The van der Waals surface area contributed by atoms with Crippen molar-refractivity contribution >= 4 is 64.1 Å². The Morgan fingerprint density at radius 1 is 1.17 bits per heavy atom. The van der Waals surface area contributed by atoms with Crippen LogP contribution in [0.3, 0.4) is 0 Å². The van der Waals surface area contributed by atoms with E-state index in [2.05, 4.69) is 5.32 Å². The quantitative estimate of drug-likeness (QED) is 0.419. The van der Waals surface area contributed by atoms with Crippen LogP contribution in [-0.4, -0.2) is 30.6 Å². The molecule has 9 heteroatoms. The van der Waals surface area contributed by atoms with Crippen molar-refractivity contribution in [2.75, 3.05) is 18.6 Å². The summed E-state index contributed by atoms with van der Waals surface area (Å²) >= 11 is 17.5. The molecule has 0 aliphatic carbocycles. The molecule has 0 bridgehead atoms. The van der Waals surface area contributed by atoms with Gasteiger partial charge in [0.25, 0.3) is 11.8 Å². The third-order valence-corrected chi connectivity index (χ3v) is 5.17. The van der Waals surface area contributed by atoms with Crippen LogP contribution in [0.4, 0.5) is 5.69 Å². The van der Waals surface area contributed by atoms with Crippen molar-refractivity contribution in [3.8, 4) is 11.5 Å². The second-order valence-corrected chi connectivity index (χ2v) is 7.05. The number of nitrogens with zero attached hydrogens (tertiary/aromatic N) is 1. The molecule has 1 heterocycles. The van der Waals surface area contributed by atoms with E-state index < -0.39 is 11.8 Å². The summed E-state index contributed by atoms with van der Waals surface area (Å²) in [5.74, 6) is -0.182. The molecule has 0 spiro atoms. The number of anilines is 1. The predicted octanol–water partition coefficient (Wildman–Crippen LogP) is 4.23. The Hall–Kier alpha value is -2.61. The van der Waals surface area contributed by atoms with E-state index in [1.807, 2.05) is 6.92 Å². The molecule has 29 heavy (non-hydrogen) atoms. The lowest BCUT2D eigenvalue weighted by Gasteiger charge is -2.29. The van der Waals surface area contributed by atoms with E-state index in [0.29, 0.717) is 23.7 Å². The van der Waals surface area contributed by atoms with Gasteiger partial charge in [0, 0.05) is 0 Å². The van der Waals surface area contributed by atoms with Crippen molar-refractivity contribution in [2.24, 2.45) is 0 Å². The molecule has 0 unspecified atom stereocenters. The molecular formula is C20H16Cl2N2O4S. The first-order valence-corrected chi connectivity index (χ1v) is 9.70. The van der Waals surface area contributed by atoms with E-state index in [9.17, 15) is 9.59 Å². The van der Waals surface area contributed by atoms with Crippen LogP contribution in [0.1, 0.15) is 12.5 Å². The van der Waals surface area contributed by atoms with Crippen molar-refractivity contribution in [2.45, 2.75) is 6.92 Å². The molecule has 1 aliphatic rings. The van der Waals surface area contributed by atoms with E-state index in [0.717, 1.165) is 4.90 Å². The number of ether oxygens (including phenoxy) is 2. The lowest BCUT2D eigenvalue weighted by atomic mass is 10.1. The molecule has 0 radical (unpaired) electrons. The van der Waals surface area contributed by atoms with Crippen molar-refractivity contribution < 1.29 is 19.1 Å². The van der Waals surface area contributed by atoms with Gasteiger partial charge in [0.15, 0.2) is 16.6 Å². The Kier molecular flexibility index (Phi) is 6.42. The number of hydrogen-bond acceptors (Lipinski definition) is 5. The van der Waals surface area contributed by atoms with Crippen LogP contribution in [0.15, 0.2) is 42.0 Å². The first-order valence-electron chi connectivity index (χ1n) is 8.53. The number of benzene rings is 2. The minimum absolute atomic E-state index is 0.0782. The van der Waals surface area contributed by atoms with Gasteiger partial charge in [0.1, 0.15) is 5.57 Å². The molecule has 0 atom stereocenters. The van der Waals surface area contributed by atoms with Crippen LogP contribution in [-0.2, 0) is 9.59 Å². The molecule has 6 nitrogen and oxygen atoms in total. The summed E-state index contributed by atoms with van der Waals surface area (Å²) in [6.45, 7) is 2.34. The lowest BCUT2D eigenvalue weighted by molar-refractivity contribution is -0.122. The topological polar surface area (TPSA) is 67.9 Å². The molecule has 1 fully saturated rings. The summed E-state index contributed by atoms with van der Waals surface area (Å²) in [6, 6.07) is 9.90. The van der Waals surface area contributed by atoms with Crippen LogP contribution < -0.4 is 19.7 Å². The summed E-state index contributed by atoms with van der Waals surface area (Å²) in [5.41, 5.74) is 0.749. The summed E-state index contributed by atoms with van der Waals surface area (Å²) < 4.78 is 10.8. The van der Waals surface area contributed by atoms with Gasteiger partial charge in [0.05, 0.1) is 29.4 Å². The van der Waals surface area contributed by atoms with E-state index in [-0.39, 0.29) is 26.4 Å². The Bertz CT molecular complexity index is 1040. The summed E-state index contributed by atoms with van der Waals surface area (Å²) in [6.07, 6.45) is 1.45. The van der Waals surface area contributed by atoms with Gasteiger partial charge in [-0.15, -0.1) is 0 Å². The molecule has 0 aromatic heterocycles. The molecular weight excluding hydrogens is 435 g/mol. The fourth-order valence-electron chi connectivity index (χ4n) is 2.76. The van der Waals surface area contributed by atoms with Gasteiger partial charge < -0.3 is 9.47 Å². The van der Waals surface area contributed by atoms with Gasteiger partial charge in [-0.05, 0) is 55.0 Å². The van der Waals surface area contributed by atoms with Crippen molar-refractivity contribution in [1.29, 1.82) is 0 Å². The Morgan fingerprint density at radius 3 is 2.62 bits per heavy atom. The first kappa shape index (κ1) is 21.1. The SMILES string of the molecule is CCOc1ccc(/C=C2\C(=O)NC(=S)N(c3cccc(Cl)c3Cl)C2=O)cc1OC. The van der Waals surface area contributed by atoms with Gasteiger partial charge in [-0.2, -0.15) is 0 Å². The number of methoxy groups -OCH3 is 1. The molecule has 150 valence electrons. The first-order chi connectivity index (χ1) is 13.9. The second kappa shape index (κ2) is 8.82. The number of amides is 2. The number of hydrogen-bond donors (Lipinski definition) is 1. The van der Waals surface area contributed by atoms with Crippen LogP contribution >= 0.6 is 35.4 Å². The number of nitrogens with one attached hydrogen (secondary N) is 1. The van der Waals surface area contributed by atoms with E-state index in [1.165, 1.54) is 13.2 Å². The minimum Gasteiger partial charge on any atom is -0.493 e. The normalized spacial score (nSPS) is 15.5. The maximum atomic E-state index is 13.1. The van der Waals surface area contributed by atoms with E-state index in [4.69, 9.17) is 44.9 Å². The highest BCUT2D eigenvalue weighted by Gasteiger charge is 2.35. The smallest absolute Gasteiger partial charge is 0.270 e. The molecule has 2 amide bonds. The third kappa shape index (κ3) is 4.22. The minimum atomic E-state index is -0.615. The average molecular weight is 451 g/mol. The predicted molar refractivity (Wildman–Crippen MR) is 117 cm³/mol. The highest BCUT2D eigenvalue weighted by Crippen LogP contribution is 2.35. The molecule has 0 saturated carbocycles. The molecule has 1 aliphatic heterocycles.